The third kappa shape index (κ3) is 3.86. The maximum absolute atomic E-state index is 11.2. The molecule has 1 aromatic heterocycles. The Hall–Kier alpha value is -1.76. The minimum atomic E-state index is -0.0387. The first-order valence-electron chi connectivity index (χ1n) is 6.67. The zero-order valence-electron chi connectivity index (χ0n) is 12.1. The smallest absolute Gasteiger partial charge is 0.221 e. The van der Waals surface area contributed by atoms with Crippen LogP contribution >= 0.6 is 12.2 Å². The van der Waals surface area contributed by atoms with Crippen LogP contribution in [0.5, 0.6) is 0 Å². The van der Waals surface area contributed by atoms with Gasteiger partial charge in [-0.2, -0.15) is 5.10 Å². The number of hydrogen-bond acceptors (Lipinski definition) is 5. The maximum atomic E-state index is 11.2. The molecule has 0 atom stereocenters. The summed E-state index contributed by atoms with van der Waals surface area (Å²) in [5, 5.41) is 14.0. The van der Waals surface area contributed by atoms with Crippen LogP contribution in [0.4, 0.5) is 5.82 Å². The quantitative estimate of drug-likeness (QED) is 0.644. The average Bonchev–Trinajstić information content (AvgIpc) is 2.45. The van der Waals surface area contributed by atoms with E-state index in [0.29, 0.717) is 23.8 Å². The average molecular weight is 295 g/mol. The second-order valence-electron chi connectivity index (χ2n) is 4.27. The van der Waals surface area contributed by atoms with E-state index in [2.05, 4.69) is 20.8 Å². The van der Waals surface area contributed by atoms with E-state index in [1.165, 1.54) is 0 Å². The monoisotopic (exact) mass is 295 g/mol. The van der Waals surface area contributed by atoms with Crippen LogP contribution < -0.4 is 16.4 Å². The number of carbonyl (C=O) groups is 1. The summed E-state index contributed by atoms with van der Waals surface area (Å²) in [5.41, 5.74) is 8.49. The Morgan fingerprint density at radius 1 is 1.30 bits per heavy atom. The molecule has 4 N–H and O–H groups in total. The van der Waals surface area contributed by atoms with Gasteiger partial charge in [-0.1, -0.05) is 26.1 Å². The van der Waals surface area contributed by atoms with Crippen molar-refractivity contribution >= 4 is 28.9 Å². The van der Waals surface area contributed by atoms with E-state index in [-0.39, 0.29) is 5.91 Å². The minimum Gasteiger partial charge on any atom is -0.389 e. The van der Waals surface area contributed by atoms with Crippen molar-refractivity contribution in [1.29, 1.82) is 0 Å². The summed E-state index contributed by atoms with van der Waals surface area (Å²) >= 11 is 5.13. The third-order valence-corrected chi connectivity index (χ3v) is 3.22. The van der Waals surface area contributed by atoms with Crippen LogP contribution in [-0.2, 0) is 17.6 Å². The van der Waals surface area contributed by atoms with E-state index in [4.69, 9.17) is 18.0 Å². The van der Waals surface area contributed by atoms with Gasteiger partial charge in [-0.25, -0.2) is 0 Å². The van der Waals surface area contributed by atoms with Crippen molar-refractivity contribution in [3.05, 3.63) is 16.8 Å². The zero-order chi connectivity index (χ0) is 15.1. The molecule has 0 aliphatic carbocycles. The van der Waals surface area contributed by atoms with Crippen LogP contribution in [0.1, 0.15) is 37.1 Å². The number of nitrogens with two attached hydrogens (primary N) is 1. The molecule has 0 bridgehead atoms. The molecule has 0 saturated heterocycles. The second kappa shape index (κ2) is 7.74. The lowest BCUT2D eigenvalue weighted by molar-refractivity contribution is -0.120. The Labute approximate surface area is 124 Å². The first kappa shape index (κ1) is 16.3. The van der Waals surface area contributed by atoms with Crippen LogP contribution in [0, 0.1) is 0 Å². The van der Waals surface area contributed by atoms with Crippen LogP contribution in [0.3, 0.4) is 0 Å². The second-order valence-corrected chi connectivity index (χ2v) is 4.71. The highest BCUT2D eigenvalue weighted by molar-refractivity contribution is 7.80. The number of thiocarbonyl (C=S) groups is 1. The fourth-order valence-electron chi connectivity index (χ4n) is 1.98. The molecule has 110 valence electrons. The molecule has 20 heavy (non-hydrogen) atoms. The largest absolute Gasteiger partial charge is 0.389 e. The molecule has 0 radical (unpaired) electrons. The number of hydrogen-bond donors (Lipinski definition) is 3. The summed E-state index contributed by atoms with van der Waals surface area (Å²) in [6.45, 7) is 4.51. The molecule has 1 amide bonds. The summed E-state index contributed by atoms with van der Waals surface area (Å²) in [4.78, 5) is 11.5. The van der Waals surface area contributed by atoms with E-state index < -0.39 is 0 Å². The van der Waals surface area contributed by atoms with E-state index in [1.807, 2.05) is 13.8 Å². The van der Waals surface area contributed by atoms with Crippen LogP contribution in [0.2, 0.25) is 0 Å². The zero-order valence-corrected chi connectivity index (χ0v) is 12.9. The topological polar surface area (TPSA) is 92.9 Å². The van der Waals surface area contributed by atoms with Crippen molar-refractivity contribution in [2.45, 2.75) is 33.1 Å². The Bertz CT molecular complexity index is 504. The van der Waals surface area contributed by atoms with Gasteiger partial charge in [-0.05, 0) is 18.4 Å². The lowest BCUT2D eigenvalue weighted by Crippen LogP contribution is -2.23. The minimum absolute atomic E-state index is 0.0387. The van der Waals surface area contributed by atoms with Gasteiger partial charge in [-0.15, -0.1) is 5.10 Å². The Balaban J connectivity index is 3.01. The molecule has 1 heterocycles. The summed E-state index contributed by atoms with van der Waals surface area (Å²) in [6, 6.07) is 0. The highest BCUT2D eigenvalue weighted by Gasteiger charge is 2.16. The molecule has 7 heteroatoms. The predicted octanol–water partition coefficient (Wildman–Crippen LogP) is 0.784. The van der Waals surface area contributed by atoms with E-state index in [0.717, 1.165) is 29.7 Å². The first-order valence-corrected chi connectivity index (χ1v) is 7.08. The summed E-state index contributed by atoms with van der Waals surface area (Å²) < 4.78 is 0. The van der Waals surface area contributed by atoms with Gasteiger partial charge in [0.05, 0.1) is 11.3 Å². The lowest BCUT2D eigenvalue weighted by atomic mass is 10.0. The van der Waals surface area contributed by atoms with Gasteiger partial charge in [0.15, 0.2) is 5.82 Å². The molecule has 0 saturated carbocycles. The Kier molecular flexibility index (Phi) is 6.30. The first-order chi connectivity index (χ1) is 9.54. The molecular weight excluding hydrogens is 274 g/mol. The fourth-order valence-corrected chi connectivity index (χ4v) is 2.20. The number of rotatable bonds is 7. The summed E-state index contributed by atoms with van der Waals surface area (Å²) in [6.07, 6.45) is 1.92. The van der Waals surface area contributed by atoms with Gasteiger partial charge < -0.3 is 16.4 Å². The maximum Gasteiger partial charge on any atom is 0.221 e. The van der Waals surface area contributed by atoms with Gasteiger partial charge in [-0.3, -0.25) is 4.79 Å². The van der Waals surface area contributed by atoms with Crippen LogP contribution in [0.25, 0.3) is 0 Å². The van der Waals surface area contributed by atoms with Gasteiger partial charge in [0, 0.05) is 20.0 Å². The van der Waals surface area contributed by atoms with Crippen LogP contribution in [0.15, 0.2) is 0 Å². The molecule has 6 nitrogen and oxygen atoms in total. The number of nitrogens with zero attached hydrogens (tertiary/aromatic N) is 2. The Morgan fingerprint density at radius 3 is 2.50 bits per heavy atom. The summed E-state index contributed by atoms with van der Waals surface area (Å²) in [7, 11) is 1.60. The van der Waals surface area contributed by atoms with Gasteiger partial charge >= 0.3 is 0 Å². The van der Waals surface area contributed by atoms with E-state index >= 15 is 0 Å². The van der Waals surface area contributed by atoms with Crippen molar-refractivity contribution in [1.82, 2.24) is 15.5 Å². The molecule has 0 unspecified atom stereocenters. The molecule has 1 rings (SSSR count). The standard InChI is InChI=1S/C13H21N5OS/c1-4-8-9(5-2)17-18-13(11(8)12(14)20)16-7-6-10(19)15-3/h4-7H2,1-3H3,(H2,14,20)(H,15,19)(H,16,18). The number of anilines is 1. The highest BCUT2D eigenvalue weighted by atomic mass is 32.1. The van der Waals surface area contributed by atoms with Gasteiger partial charge in [0.1, 0.15) is 4.99 Å². The fraction of sp³-hybridized carbons (Fsp3) is 0.538. The van der Waals surface area contributed by atoms with E-state index in [1.54, 1.807) is 7.05 Å². The normalized spacial score (nSPS) is 10.2. The summed E-state index contributed by atoms with van der Waals surface area (Å²) in [5.74, 6) is 0.513. The number of carbonyl (C=O) groups excluding carboxylic acids is 1. The van der Waals surface area contributed by atoms with Crippen LogP contribution in [-0.4, -0.2) is 34.7 Å². The van der Waals surface area contributed by atoms with E-state index in [9.17, 15) is 4.79 Å². The Morgan fingerprint density at radius 2 is 2.00 bits per heavy atom. The molecule has 0 spiro atoms. The number of nitrogens with one attached hydrogen (secondary N) is 2. The highest BCUT2D eigenvalue weighted by Crippen LogP contribution is 2.20. The van der Waals surface area contributed by atoms with Crippen molar-refractivity contribution in [3.63, 3.8) is 0 Å². The molecular formula is C13H21N5OS. The van der Waals surface area contributed by atoms with Gasteiger partial charge in [0.25, 0.3) is 0 Å². The predicted molar refractivity (Wildman–Crippen MR) is 83.8 cm³/mol. The number of aromatic nitrogens is 2. The number of amides is 1. The van der Waals surface area contributed by atoms with Crippen molar-refractivity contribution in [2.24, 2.45) is 5.73 Å². The molecule has 0 aliphatic rings. The molecule has 0 aromatic carbocycles. The van der Waals surface area contributed by atoms with Gasteiger partial charge in [0.2, 0.25) is 5.91 Å². The molecule has 1 aromatic rings. The number of aryl methyl sites for hydroxylation is 1. The molecule has 0 fully saturated rings. The SMILES string of the molecule is CCc1nnc(NCCC(=O)NC)c(C(N)=S)c1CC. The van der Waals surface area contributed by atoms with Crippen molar-refractivity contribution in [2.75, 3.05) is 18.9 Å². The van der Waals surface area contributed by atoms with Crippen molar-refractivity contribution < 1.29 is 4.79 Å². The molecule has 0 aliphatic heterocycles. The van der Waals surface area contributed by atoms with Crippen molar-refractivity contribution in [3.8, 4) is 0 Å². The lowest BCUT2D eigenvalue weighted by Gasteiger charge is -2.15. The third-order valence-electron chi connectivity index (χ3n) is 3.02.